The van der Waals surface area contributed by atoms with Gasteiger partial charge in [-0.05, 0) is 36.9 Å². The number of piperidine rings is 1. The Hall–Kier alpha value is -1.94. The van der Waals surface area contributed by atoms with Crippen molar-refractivity contribution in [1.82, 2.24) is 14.9 Å². The maximum absolute atomic E-state index is 4.62. The van der Waals surface area contributed by atoms with E-state index in [-0.39, 0.29) is 0 Å². The van der Waals surface area contributed by atoms with Crippen LogP contribution in [-0.2, 0) is 6.42 Å². The highest BCUT2D eigenvalue weighted by Gasteiger charge is 2.15. The summed E-state index contributed by atoms with van der Waals surface area (Å²) in [6.45, 7) is 6.83. The van der Waals surface area contributed by atoms with Crippen LogP contribution in [0.3, 0.4) is 0 Å². The highest BCUT2D eigenvalue weighted by molar-refractivity contribution is 5.33. The first-order valence-corrected chi connectivity index (χ1v) is 8.61. The Kier molecular flexibility index (Phi) is 5.59. The average molecular weight is 310 g/mol. The Bertz CT molecular complexity index is 599. The molecule has 122 valence electrons. The number of anilines is 1. The molecule has 0 amide bonds. The number of nitrogens with zero attached hydrogens (tertiary/aromatic N) is 3. The summed E-state index contributed by atoms with van der Waals surface area (Å²) >= 11 is 0. The minimum atomic E-state index is 0.778. The number of hydrogen-bond donors (Lipinski definition) is 1. The molecule has 0 aliphatic carbocycles. The van der Waals surface area contributed by atoms with Gasteiger partial charge in [0.15, 0.2) is 0 Å². The lowest BCUT2D eigenvalue weighted by Crippen LogP contribution is -2.37. The molecule has 0 bridgehead atoms. The van der Waals surface area contributed by atoms with Crippen molar-refractivity contribution in [2.45, 2.75) is 26.2 Å². The van der Waals surface area contributed by atoms with E-state index in [0.717, 1.165) is 37.1 Å². The summed E-state index contributed by atoms with van der Waals surface area (Å²) in [5, 5.41) is 3.44. The minimum Gasteiger partial charge on any atom is -0.369 e. The summed E-state index contributed by atoms with van der Waals surface area (Å²) in [5.41, 5.74) is 1.24. The summed E-state index contributed by atoms with van der Waals surface area (Å²) < 4.78 is 0. The third-order valence-electron chi connectivity index (χ3n) is 4.39. The first-order valence-electron chi connectivity index (χ1n) is 8.61. The third kappa shape index (κ3) is 5.03. The number of hydrogen-bond acceptors (Lipinski definition) is 4. The van der Waals surface area contributed by atoms with Crippen LogP contribution in [0.15, 0.2) is 42.6 Å². The Morgan fingerprint density at radius 3 is 2.91 bits per heavy atom. The van der Waals surface area contributed by atoms with Crippen molar-refractivity contribution in [2.24, 2.45) is 5.92 Å². The Balaban J connectivity index is 1.49. The van der Waals surface area contributed by atoms with Crippen molar-refractivity contribution in [2.75, 3.05) is 31.5 Å². The van der Waals surface area contributed by atoms with Gasteiger partial charge in [0.2, 0.25) is 0 Å². The molecule has 2 aromatic rings. The zero-order chi connectivity index (χ0) is 15.9. The van der Waals surface area contributed by atoms with Crippen LogP contribution in [0.5, 0.6) is 0 Å². The van der Waals surface area contributed by atoms with Gasteiger partial charge in [0.1, 0.15) is 11.6 Å². The number of nitrogens with one attached hydrogen (secondary N) is 1. The van der Waals surface area contributed by atoms with Gasteiger partial charge in [-0.25, -0.2) is 9.97 Å². The predicted molar refractivity (Wildman–Crippen MR) is 94.6 cm³/mol. The van der Waals surface area contributed by atoms with E-state index in [0.29, 0.717) is 0 Å². The normalized spacial score (nSPS) is 18.7. The summed E-state index contributed by atoms with van der Waals surface area (Å²) in [6.07, 6.45) is 5.32. The molecule has 1 aliphatic rings. The fraction of sp³-hybridized carbons (Fsp3) is 0.474. The summed E-state index contributed by atoms with van der Waals surface area (Å²) in [4.78, 5) is 11.6. The molecule has 1 aliphatic heterocycles. The SMILES string of the molecule is CC1CCCN(CCNc2ccnc(Cc3ccccc3)n2)C1. The van der Waals surface area contributed by atoms with Crippen molar-refractivity contribution < 1.29 is 0 Å². The Morgan fingerprint density at radius 2 is 2.09 bits per heavy atom. The monoisotopic (exact) mass is 310 g/mol. The molecule has 2 heterocycles. The molecule has 1 saturated heterocycles. The smallest absolute Gasteiger partial charge is 0.135 e. The molecular formula is C19H26N4. The Labute approximate surface area is 139 Å². The lowest BCUT2D eigenvalue weighted by atomic mass is 10.0. The Morgan fingerprint density at radius 1 is 1.22 bits per heavy atom. The molecule has 1 aromatic carbocycles. The van der Waals surface area contributed by atoms with E-state index < -0.39 is 0 Å². The molecule has 1 N–H and O–H groups in total. The highest BCUT2D eigenvalue weighted by Crippen LogP contribution is 2.15. The second-order valence-electron chi connectivity index (χ2n) is 6.50. The minimum absolute atomic E-state index is 0.778. The fourth-order valence-corrected chi connectivity index (χ4v) is 3.19. The van der Waals surface area contributed by atoms with Crippen LogP contribution in [0, 0.1) is 5.92 Å². The van der Waals surface area contributed by atoms with E-state index in [1.54, 1.807) is 0 Å². The van der Waals surface area contributed by atoms with Gasteiger partial charge >= 0.3 is 0 Å². The molecule has 1 atom stereocenters. The van der Waals surface area contributed by atoms with E-state index in [4.69, 9.17) is 0 Å². The van der Waals surface area contributed by atoms with Gasteiger partial charge in [-0.2, -0.15) is 0 Å². The molecule has 1 unspecified atom stereocenters. The standard InChI is InChI=1S/C19H26N4/c1-16-6-5-12-23(15-16)13-11-21-18-9-10-20-19(22-18)14-17-7-3-2-4-8-17/h2-4,7-10,16H,5-6,11-15H2,1H3,(H,20,21,22). The molecule has 4 heteroatoms. The largest absolute Gasteiger partial charge is 0.369 e. The molecule has 0 saturated carbocycles. The number of benzene rings is 1. The van der Waals surface area contributed by atoms with Gasteiger partial charge in [-0.1, -0.05) is 37.3 Å². The van der Waals surface area contributed by atoms with Crippen LogP contribution in [0.2, 0.25) is 0 Å². The number of likely N-dealkylation sites (tertiary alicyclic amines) is 1. The predicted octanol–water partition coefficient (Wildman–Crippen LogP) is 3.21. The third-order valence-corrected chi connectivity index (χ3v) is 4.39. The molecule has 3 rings (SSSR count). The molecule has 0 spiro atoms. The van der Waals surface area contributed by atoms with E-state index in [2.05, 4.69) is 51.4 Å². The van der Waals surface area contributed by atoms with Gasteiger partial charge in [0.25, 0.3) is 0 Å². The molecule has 1 fully saturated rings. The van der Waals surface area contributed by atoms with E-state index in [1.165, 1.54) is 31.5 Å². The fourth-order valence-electron chi connectivity index (χ4n) is 3.19. The second kappa shape index (κ2) is 8.06. The first-order chi connectivity index (χ1) is 11.3. The zero-order valence-corrected chi connectivity index (χ0v) is 13.9. The summed E-state index contributed by atoms with van der Waals surface area (Å²) in [7, 11) is 0. The lowest BCUT2D eigenvalue weighted by molar-refractivity contribution is 0.190. The van der Waals surface area contributed by atoms with Crippen molar-refractivity contribution in [3.8, 4) is 0 Å². The van der Waals surface area contributed by atoms with Gasteiger partial charge in [0.05, 0.1) is 0 Å². The molecule has 4 nitrogen and oxygen atoms in total. The van der Waals surface area contributed by atoms with Crippen molar-refractivity contribution in [3.05, 3.63) is 54.0 Å². The maximum Gasteiger partial charge on any atom is 0.135 e. The van der Waals surface area contributed by atoms with Gasteiger partial charge in [-0.3, -0.25) is 0 Å². The number of aromatic nitrogens is 2. The lowest BCUT2D eigenvalue weighted by Gasteiger charge is -2.30. The van der Waals surface area contributed by atoms with E-state index in [9.17, 15) is 0 Å². The van der Waals surface area contributed by atoms with Gasteiger partial charge in [0, 0.05) is 32.3 Å². The molecule has 1 aromatic heterocycles. The van der Waals surface area contributed by atoms with Crippen molar-refractivity contribution in [1.29, 1.82) is 0 Å². The van der Waals surface area contributed by atoms with Crippen LogP contribution in [0.4, 0.5) is 5.82 Å². The van der Waals surface area contributed by atoms with E-state index in [1.807, 2.05) is 18.3 Å². The van der Waals surface area contributed by atoms with Gasteiger partial charge in [-0.15, -0.1) is 0 Å². The maximum atomic E-state index is 4.62. The van der Waals surface area contributed by atoms with Crippen LogP contribution in [0.25, 0.3) is 0 Å². The van der Waals surface area contributed by atoms with Crippen LogP contribution in [0.1, 0.15) is 31.2 Å². The average Bonchev–Trinajstić information content (AvgIpc) is 2.56. The summed E-state index contributed by atoms with van der Waals surface area (Å²) in [6, 6.07) is 12.3. The first kappa shape index (κ1) is 15.9. The van der Waals surface area contributed by atoms with Crippen molar-refractivity contribution in [3.63, 3.8) is 0 Å². The molecule has 23 heavy (non-hydrogen) atoms. The van der Waals surface area contributed by atoms with Gasteiger partial charge < -0.3 is 10.2 Å². The quantitative estimate of drug-likeness (QED) is 0.889. The second-order valence-corrected chi connectivity index (χ2v) is 6.50. The topological polar surface area (TPSA) is 41.0 Å². The van der Waals surface area contributed by atoms with E-state index >= 15 is 0 Å². The van der Waals surface area contributed by atoms with Crippen LogP contribution in [-0.4, -0.2) is 41.0 Å². The zero-order valence-electron chi connectivity index (χ0n) is 13.9. The molecular weight excluding hydrogens is 284 g/mol. The van der Waals surface area contributed by atoms with Crippen LogP contribution < -0.4 is 5.32 Å². The summed E-state index contributed by atoms with van der Waals surface area (Å²) in [5.74, 6) is 2.63. The van der Waals surface area contributed by atoms with Crippen LogP contribution >= 0.6 is 0 Å². The van der Waals surface area contributed by atoms with Crippen molar-refractivity contribution >= 4 is 5.82 Å². The number of rotatable bonds is 6. The highest BCUT2D eigenvalue weighted by atomic mass is 15.2. The molecule has 0 radical (unpaired) electrons.